The molecular formula is C17H23ClN4O. The number of carbonyl (C=O) groups is 1. The van der Waals surface area contributed by atoms with Crippen molar-refractivity contribution in [2.24, 2.45) is 0 Å². The fourth-order valence-corrected chi connectivity index (χ4v) is 2.58. The number of carbonyl (C=O) groups excluding carboxylic acids is 1. The number of hydrogen-bond donors (Lipinski definition) is 2. The third kappa shape index (κ3) is 4.56. The molecule has 23 heavy (non-hydrogen) atoms. The molecule has 0 atom stereocenters. The minimum absolute atomic E-state index is 0.0894. The zero-order valence-corrected chi connectivity index (χ0v) is 14.4. The lowest BCUT2D eigenvalue weighted by molar-refractivity contribution is 0.0953. The van der Waals surface area contributed by atoms with E-state index in [1.54, 1.807) is 10.9 Å². The van der Waals surface area contributed by atoms with Crippen molar-refractivity contribution in [1.82, 2.24) is 20.4 Å². The van der Waals surface area contributed by atoms with E-state index in [4.69, 9.17) is 11.6 Å². The second kappa shape index (κ2) is 8.70. The maximum absolute atomic E-state index is 12.4. The Morgan fingerprint density at radius 1 is 1.26 bits per heavy atom. The molecule has 0 unspecified atom stereocenters. The first-order valence-electron chi connectivity index (χ1n) is 7.99. The number of benzene rings is 1. The number of nitrogens with zero attached hydrogens (tertiary/aromatic N) is 2. The standard InChI is InChI=1S/C17H23ClN4O/c1-3-8-19-9-10-20-17(23)15-12-21-22(16(15)4-2)14-7-5-6-13(18)11-14/h5-7,11-12,19H,3-4,8-10H2,1-2H3,(H,20,23). The van der Waals surface area contributed by atoms with Crippen LogP contribution in [0.25, 0.3) is 5.69 Å². The molecule has 0 saturated heterocycles. The summed E-state index contributed by atoms with van der Waals surface area (Å²) in [6.45, 7) is 6.46. The molecule has 2 aromatic rings. The minimum Gasteiger partial charge on any atom is -0.351 e. The molecule has 6 heteroatoms. The van der Waals surface area contributed by atoms with E-state index < -0.39 is 0 Å². The predicted octanol–water partition coefficient (Wildman–Crippen LogP) is 2.82. The molecule has 1 aromatic heterocycles. The number of amides is 1. The van der Waals surface area contributed by atoms with Gasteiger partial charge in [-0.1, -0.05) is 31.5 Å². The summed E-state index contributed by atoms with van der Waals surface area (Å²) in [7, 11) is 0. The van der Waals surface area contributed by atoms with Crippen LogP contribution >= 0.6 is 11.6 Å². The fraction of sp³-hybridized carbons (Fsp3) is 0.412. The van der Waals surface area contributed by atoms with Crippen LogP contribution in [0.4, 0.5) is 0 Å². The Balaban J connectivity index is 2.10. The van der Waals surface area contributed by atoms with Crippen LogP contribution < -0.4 is 10.6 Å². The molecule has 0 spiro atoms. The summed E-state index contributed by atoms with van der Waals surface area (Å²) in [5.74, 6) is -0.0894. The van der Waals surface area contributed by atoms with Crippen molar-refractivity contribution in [2.75, 3.05) is 19.6 Å². The molecule has 1 heterocycles. The summed E-state index contributed by atoms with van der Waals surface area (Å²) in [6.07, 6.45) is 3.41. The number of halogens is 1. The lowest BCUT2D eigenvalue weighted by Gasteiger charge is -2.09. The van der Waals surface area contributed by atoms with Gasteiger partial charge in [0.2, 0.25) is 0 Å². The van der Waals surface area contributed by atoms with Gasteiger partial charge < -0.3 is 10.6 Å². The SMILES string of the molecule is CCCNCCNC(=O)c1cnn(-c2cccc(Cl)c2)c1CC. The molecule has 2 rings (SSSR count). The molecule has 1 aromatic carbocycles. The highest BCUT2D eigenvalue weighted by atomic mass is 35.5. The highest BCUT2D eigenvalue weighted by Gasteiger charge is 2.16. The average molecular weight is 335 g/mol. The Bertz CT molecular complexity index is 654. The molecule has 0 aliphatic heterocycles. The first-order chi connectivity index (χ1) is 11.2. The van der Waals surface area contributed by atoms with Gasteiger partial charge in [0.15, 0.2) is 0 Å². The van der Waals surface area contributed by atoms with E-state index >= 15 is 0 Å². The van der Waals surface area contributed by atoms with Gasteiger partial charge >= 0.3 is 0 Å². The van der Waals surface area contributed by atoms with Crippen LogP contribution in [-0.4, -0.2) is 35.3 Å². The Morgan fingerprint density at radius 2 is 2.09 bits per heavy atom. The highest BCUT2D eigenvalue weighted by Crippen LogP contribution is 2.19. The van der Waals surface area contributed by atoms with Gasteiger partial charge in [0.25, 0.3) is 5.91 Å². The van der Waals surface area contributed by atoms with Crippen LogP contribution in [0.5, 0.6) is 0 Å². The van der Waals surface area contributed by atoms with E-state index in [1.165, 1.54) is 0 Å². The van der Waals surface area contributed by atoms with E-state index in [1.807, 2.05) is 31.2 Å². The molecule has 0 fully saturated rings. The largest absolute Gasteiger partial charge is 0.351 e. The minimum atomic E-state index is -0.0894. The van der Waals surface area contributed by atoms with Gasteiger partial charge in [-0.3, -0.25) is 4.79 Å². The summed E-state index contributed by atoms with van der Waals surface area (Å²) < 4.78 is 1.77. The summed E-state index contributed by atoms with van der Waals surface area (Å²) in [4.78, 5) is 12.4. The van der Waals surface area contributed by atoms with Crippen LogP contribution in [0.3, 0.4) is 0 Å². The molecule has 1 amide bonds. The third-order valence-electron chi connectivity index (χ3n) is 3.52. The van der Waals surface area contributed by atoms with E-state index in [2.05, 4.69) is 22.7 Å². The van der Waals surface area contributed by atoms with E-state index in [-0.39, 0.29) is 5.91 Å². The maximum atomic E-state index is 12.4. The van der Waals surface area contributed by atoms with Crippen molar-refractivity contribution in [3.63, 3.8) is 0 Å². The molecular weight excluding hydrogens is 312 g/mol. The number of hydrogen-bond acceptors (Lipinski definition) is 3. The predicted molar refractivity (Wildman–Crippen MR) is 93.4 cm³/mol. The summed E-state index contributed by atoms with van der Waals surface area (Å²) >= 11 is 6.04. The molecule has 0 bridgehead atoms. The van der Waals surface area contributed by atoms with Crippen LogP contribution in [0, 0.1) is 0 Å². The van der Waals surface area contributed by atoms with Gasteiger partial charge in [0, 0.05) is 18.1 Å². The van der Waals surface area contributed by atoms with Gasteiger partial charge in [-0.2, -0.15) is 5.10 Å². The van der Waals surface area contributed by atoms with E-state index in [9.17, 15) is 4.79 Å². The van der Waals surface area contributed by atoms with Gasteiger partial charge in [-0.15, -0.1) is 0 Å². The number of nitrogens with one attached hydrogen (secondary N) is 2. The smallest absolute Gasteiger partial charge is 0.254 e. The number of aromatic nitrogens is 2. The van der Waals surface area contributed by atoms with Crippen LogP contribution in [0.1, 0.15) is 36.3 Å². The van der Waals surface area contributed by atoms with Crippen molar-refractivity contribution in [3.8, 4) is 5.69 Å². The van der Waals surface area contributed by atoms with Crippen molar-refractivity contribution < 1.29 is 4.79 Å². The second-order valence-electron chi connectivity index (χ2n) is 5.26. The number of rotatable bonds is 8. The van der Waals surface area contributed by atoms with Gasteiger partial charge in [0.1, 0.15) is 0 Å². The topological polar surface area (TPSA) is 58.9 Å². The molecule has 124 valence electrons. The summed E-state index contributed by atoms with van der Waals surface area (Å²) in [5.41, 5.74) is 2.35. The van der Waals surface area contributed by atoms with Gasteiger partial charge in [-0.25, -0.2) is 4.68 Å². The quantitative estimate of drug-likeness (QED) is 0.730. The normalized spacial score (nSPS) is 10.7. The van der Waals surface area contributed by atoms with Crippen molar-refractivity contribution >= 4 is 17.5 Å². The highest BCUT2D eigenvalue weighted by molar-refractivity contribution is 6.30. The van der Waals surface area contributed by atoms with Gasteiger partial charge in [0.05, 0.1) is 23.1 Å². The van der Waals surface area contributed by atoms with E-state index in [0.717, 1.165) is 30.9 Å². The Kier molecular flexibility index (Phi) is 6.62. The zero-order chi connectivity index (χ0) is 16.7. The first-order valence-corrected chi connectivity index (χ1v) is 8.36. The first kappa shape index (κ1) is 17.5. The summed E-state index contributed by atoms with van der Waals surface area (Å²) in [6, 6.07) is 7.45. The molecule has 0 aliphatic carbocycles. The lowest BCUT2D eigenvalue weighted by atomic mass is 10.2. The average Bonchev–Trinajstić information content (AvgIpc) is 2.98. The zero-order valence-electron chi connectivity index (χ0n) is 13.6. The monoisotopic (exact) mass is 334 g/mol. The molecule has 2 N–H and O–H groups in total. The molecule has 0 saturated carbocycles. The Hall–Kier alpha value is -1.85. The maximum Gasteiger partial charge on any atom is 0.254 e. The van der Waals surface area contributed by atoms with Crippen LogP contribution in [-0.2, 0) is 6.42 Å². The molecule has 5 nitrogen and oxygen atoms in total. The Morgan fingerprint density at radius 3 is 2.78 bits per heavy atom. The van der Waals surface area contributed by atoms with E-state index in [0.29, 0.717) is 23.6 Å². The second-order valence-corrected chi connectivity index (χ2v) is 5.69. The third-order valence-corrected chi connectivity index (χ3v) is 3.75. The van der Waals surface area contributed by atoms with Gasteiger partial charge in [-0.05, 0) is 37.6 Å². The van der Waals surface area contributed by atoms with Crippen molar-refractivity contribution in [2.45, 2.75) is 26.7 Å². The lowest BCUT2D eigenvalue weighted by Crippen LogP contribution is -2.32. The van der Waals surface area contributed by atoms with Crippen LogP contribution in [0.15, 0.2) is 30.5 Å². The summed E-state index contributed by atoms with van der Waals surface area (Å²) in [5, 5.41) is 11.2. The van der Waals surface area contributed by atoms with Crippen molar-refractivity contribution in [1.29, 1.82) is 0 Å². The molecule has 0 radical (unpaired) electrons. The Labute approximate surface area is 142 Å². The van der Waals surface area contributed by atoms with Crippen molar-refractivity contribution in [3.05, 3.63) is 46.7 Å². The molecule has 0 aliphatic rings. The van der Waals surface area contributed by atoms with Crippen LogP contribution in [0.2, 0.25) is 5.02 Å². The fourth-order valence-electron chi connectivity index (χ4n) is 2.40.